The normalized spacial score (nSPS) is 13.3. The highest BCUT2D eigenvalue weighted by Crippen LogP contribution is 2.36. The van der Waals surface area contributed by atoms with Gasteiger partial charge in [-0.3, -0.25) is 0 Å². The van der Waals surface area contributed by atoms with Crippen LogP contribution in [0.1, 0.15) is 33.6 Å². The predicted molar refractivity (Wildman–Crippen MR) is 69.2 cm³/mol. The van der Waals surface area contributed by atoms with E-state index in [1.54, 1.807) is 6.08 Å². The Balaban J connectivity index is 3.79. The first-order valence-corrected chi connectivity index (χ1v) is 8.61. The Kier molecular flexibility index (Phi) is 5.97. The van der Waals surface area contributed by atoms with Gasteiger partial charge in [0.15, 0.2) is 8.32 Å². The quantitative estimate of drug-likeness (QED) is 0.442. The summed E-state index contributed by atoms with van der Waals surface area (Å²) in [5.41, 5.74) is 0. The molecule has 0 aliphatic carbocycles. The van der Waals surface area contributed by atoms with Crippen molar-refractivity contribution in [1.82, 2.24) is 0 Å². The molecule has 0 saturated heterocycles. The minimum absolute atomic E-state index is 0.240. The molecule has 0 fully saturated rings. The van der Waals surface area contributed by atoms with E-state index >= 15 is 0 Å². The summed E-state index contributed by atoms with van der Waals surface area (Å²) in [6, 6.07) is 0. The number of carboxylic acids is 1. The Hall–Kier alpha value is -0.613. The zero-order valence-electron chi connectivity index (χ0n) is 11.0. The first kappa shape index (κ1) is 15.4. The maximum absolute atomic E-state index is 10.2. The summed E-state index contributed by atoms with van der Waals surface area (Å²) in [6.45, 7) is 11.8. The van der Waals surface area contributed by atoms with Gasteiger partial charge < -0.3 is 9.53 Å². The molecular formula is C12H24O3Si. The van der Waals surface area contributed by atoms with Crippen LogP contribution in [0.3, 0.4) is 0 Å². The molecule has 0 aliphatic heterocycles. The standard InChI is InChI=1S/C12H24O3Si/c1-12(2,3)16(4,5)15-10-8-6-7-9-11(13)14/h7,9H,6,8,10H2,1-5H3,(H,13,14)/b9-7+. The van der Waals surface area contributed by atoms with Crippen LogP contribution >= 0.6 is 0 Å². The molecule has 0 aliphatic rings. The van der Waals surface area contributed by atoms with E-state index in [0.29, 0.717) is 0 Å². The molecule has 0 heterocycles. The van der Waals surface area contributed by atoms with E-state index in [2.05, 4.69) is 33.9 Å². The number of hydrogen-bond donors (Lipinski definition) is 1. The van der Waals surface area contributed by atoms with Gasteiger partial charge in [0.25, 0.3) is 0 Å². The molecule has 0 radical (unpaired) electrons. The average molecular weight is 244 g/mol. The van der Waals surface area contributed by atoms with Gasteiger partial charge in [0.05, 0.1) is 0 Å². The maximum Gasteiger partial charge on any atom is 0.327 e. The number of carbonyl (C=O) groups is 1. The van der Waals surface area contributed by atoms with E-state index in [-0.39, 0.29) is 5.04 Å². The fourth-order valence-corrected chi connectivity index (χ4v) is 2.02. The summed E-state index contributed by atoms with van der Waals surface area (Å²) < 4.78 is 5.96. The molecule has 0 spiro atoms. The summed E-state index contributed by atoms with van der Waals surface area (Å²) in [5.74, 6) is -0.884. The van der Waals surface area contributed by atoms with E-state index in [9.17, 15) is 4.79 Å². The van der Waals surface area contributed by atoms with Gasteiger partial charge in [-0.2, -0.15) is 0 Å². The molecule has 0 unspecified atom stereocenters. The highest BCUT2D eigenvalue weighted by atomic mass is 28.4. The van der Waals surface area contributed by atoms with Crippen molar-refractivity contribution >= 4 is 14.3 Å². The Morgan fingerprint density at radius 1 is 1.38 bits per heavy atom. The Bertz CT molecular complexity index is 251. The molecule has 4 heteroatoms. The maximum atomic E-state index is 10.2. The second-order valence-electron chi connectivity index (χ2n) is 5.49. The Labute approximate surface area is 99.6 Å². The lowest BCUT2D eigenvalue weighted by molar-refractivity contribution is -0.131. The van der Waals surface area contributed by atoms with Gasteiger partial charge in [0.1, 0.15) is 0 Å². The third-order valence-electron chi connectivity index (χ3n) is 3.04. The van der Waals surface area contributed by atoms with Gasteiger partial charge in [-0.1, -0.05) is 26.8 Å². The van der Waals surface area contributed by atoms with Crippen LogP contribution in [0.25, 0.3) is 0 Å². The molecule has 94 valence electrons. The zero-order chi connectivity index (χ0) is 12.8. The van der Waals surface area contributed by atoms with Gasteiger partial charge in [-0.15, -0.1) is 0 Å². The molecule has 0 rings (SSSR count). The fourth-order valence-electron chi connectivity index (χ4n) is 0.929. The Morgan fingerprint density at radius 2 is 1.94 bits per heavy atom. The van der Waals surface area contributed by atoms with E-state index in [0.717, 1.165) is 19.4 Å². The molecule has 3 nitrogen and oxygen atoms in total. The van der Waals surface area contributed by atoms with Crippen molar-refractivity contribution in [2.24, 2.45) is 0 Å². The van der Waals surface area contributed by atoms with Crippen molar-refractivity contribution in [3.8, 4) is 0 Å². The van der Waals surface area contributed by atoms with Crippen molar-refractivity contribution in [3.63, 3.8) is 0 Å². The van der Waals surface area contributed by atoms with Crippen LogP contribution in [0, 0.1) is 0 Å². The van der Waals surface area contributed by atoms with Gasteiger partial charge in [0, 0.05) is 12.7 Å². The summed E-state index contributed by atoms with van der Waals surface area (Å²) in [5, 5.41) is 8.63. The Morgan fingerprint density at radius 3 is 2.38 bits per heavy atom. The molecule has 0 aromatic carbocycles. The van der Waals surface area contributed by atoms with Crippen LogP contribution in [0.4, 0.5) is 0 Å². The van der Waals surface area contributed by atoms with E-state index in [1.807, 2.05) is 0 Å². The van der Waals surface area contributed by atoms with Crippen LogP contribution in [-0.4, -0.2) is 26.0 Å². The summed E-state index contributed by atoms with van der Waals surface area (Å²) in [7, 11) is -1.63. The number of rotatable bonds is 6. The van der Waals surface area contributed by atoms with Gasteiger partial charge in [-0.25, -0.2) is 4.79 Å². The smallest absolute Gasteiger partial charge is 0.327 e. The molecular weight excluding hydrogens is 220 g/mol. The molecule has 0 aromatic rings. The summed E-state index contributed by atoms with van der Waals surface area (Å²) in [4.78, 5) is 10.2. The van der Waals surface area contributed by atoms with Crippen molar-refractivity contribution in [2.45, 2.75) is 51.7 Å². The lowest BCUT2D eigenvalue weighted by Crippen LogP contribution is -2.40. The van der Waals surface area contributed by atoms with Gasteiger partial charge >= 0.3 is 5.97 Å². The fraction of sp³-hybridized carbons (Fsp3) is 0.750. The number of allylic oxidation sites excluding steroid dienone is 1. The lowest BCUT2D eigenvalue weighted by atomic mass is 10.2. The first-order chi connectivity index (χ1) is 7.17. The highest BCUT2D eigenvalue weighted by Gasteiger charge is 2.36. The zero-order valence-corrected chi connectivity index (χ0v) is 12.0. The van der Waals surface area contributed by atoms with Crippen molar-refractivity contribution in [1.29, 1.82) is 0 Å². The van der Waals surface area contributed by atoms with Crippen LogP contribution < -0.4 is 0 Å². The number of hydrogen-bond acceptors (Lipinski definition) is 2. The first-order valence-electron chi connectivity index (χ1n) is 5.70. The van der Waals surface area contributed by atoms with Crippen LogP contribution in [0.2, 0.25) is 18.1 Å². The molecule has 0 saturated carbocycles. The molecule has 0 aromatic heterocycles. The average Bonchev–Trinajstić information content (AvgIpc) is 2.08. The lowest BCUT2D eigenvalue weighted by Gasteiger charge is -2.36. The van der Waals surface area contributed by atoms with E-state index < -0.39 is 14.3 Å². The SMILES string of the molecule is CC(C)(C)[Si](C)(C)OCCC/C=C/C(=O)O. The molecule has 16 heavy (non-hydrogen) atoms. The molecule has 0 atom stereocenters. The summed E-state index contributed by atoms with van der Waals surface area (Å²) in [6.07, 6.45) is 4.51. The van der Waals surface area contributed by atoms with Crippen molar-refractivity contribution in [3.05, 3.63) is 12.2 Å². The number of aliphatic carboxylic acids is 1. The van der Waals surface area contributed by atoms with Crippen molar-refractivity contribution < 1.29 is 14.3 Å². The third-order valence-corrected chi connectivity index (χ3v) is 7.58. The molecule has 0 amide bonds. The predicted octanol–water partition coefficient (Wildman–Crippen LogP) is 3.43. The van der Waals surface area contributed by atoms with E-state index in [4.69, 9.17) is 9.53 Å². The van der Waals surface area contributed by atoms with Gasteiger partial charge in [-0.05, 0) is 31.0 Å². The third kappa shape index (κ3) is 6.08. The number of carboxylic acid groups (broad SMARTS) is 1. The monoisotopic (exact) mass is 244 g/mol. The minimum atomic E-state index is -1.63. The van der Waals surface area contributed by atoms with Crippen LogP contribution in [-0.2, 0) is 9.22 Å². The van der Waals surface area contributed by atoms with Crippen molar-refractivity contribution in [2.75, 3.05) is 6.61 Å². The molecule has 0 bridgehead atoms. The topological polar surface area (TPSA) is 46.5 Å². The summed E-state index contributed by atoms with van der Waals surface area (Å²) >= 11 is 0. The van der Waals surface area contributed by atoms with Crippen LogP contribution in [0.15, 0.2) is 12.2 Å². The second-order valence-corrected chi connectivity index (χ2v) is 10.3. The minimum Gasteiger partial charge on any atom is -0.478 e. The second kappa shape index (κ2) is 6.20. The van der Waals surface area contributed by atoms with E-state index in [1.165, 1.54) is 6.08 Å². The van der Waals surface area contributed by atoms with Crippen LogP contribution in [0.5, 0.6) is 0 Å². The highest BCUT2D eigenvalue weighted by molar-refractivity contribution is 6.74. The molecule has 1 N–H and O–H groups in total. The number of unbranched alkanes of at least 4 members (excludes halogenated alkanes) is 1. The van der Waals surface area contributed by atoms with Gasteiger partial charge in [0.2, 0.25) is 0 Å². The largest absolute Gasteiger partial charge is 0.478 e.